The van der Waals surface area contributed by atoms with Gasteiger partial charge in [-0.05, 0) is 50.5 Å². The smallest absolute Gasteiger partial charge is 0.251 e. The van der Waals surface area contributed by atoms with Gasteiger partial charge in [-0.15, -0.1) is 0 Å². The lowest BCUT2D eigenvalue weighted by molar-refractivity contribution is 0.0940. The monoisotopic (exact) mass is 388 g/mol. The van der Waals surface area contributed by atoms with Crippen LogP contribution in [-0.2, 0) is 0 Å². The van der Waals surface area contributed by atoms with E-state index < -0.39 is 0 Å². The van der Waals surface area contributed by atoms with Crippen LogP contribution in [-0.4, -0.2) is 34.6 Å². The summed E-state index contributed by atoms with van der Waals surface area (Å²) in [4.78, 5) is 20.0. The fraction of sp³-hybridized carbons (Fsp3) is 0.417. The quantitative estimate of drug-likeness (QED) is 0.717. The summed E-state index contributed by atoms with van der Waals surface area (Å²) in [6.07, 6.45) is 6.01. The van der Waals surface area contributed by atoms with Gasteiger partial charge in [-0.1, -0.05) is 42.7 Å². The molecule has 2 heterocycles. The molecule has 5 nitrogen and oxygen atoms in total. The van der Waals surface area contributed by atoms with Crippen molar-refractivity contribution in [3.05, 3.63) is 59.7 Å². The van der Waals surface area contributed by atoms with E-state index in [9.17, 15) is 4.79 Å². The summed E-state index contributed by atoms with van der Waals surface area (Å²) in [7, 11) is 0. The van der Waals surface area contributed by atoms with Crippen molar-refractivity contribution >= 4 is 22.9 Å². The fourth-order valence-corrected chi connectivity index (χ4v) is 4.81. The molecule has 1 saturated heterocycles. The Morgan fingerprint density at radius 3 is 2.59 bits per heavy atom. The van der Waals surface area contributed by atoms with Gasteiger partial charge in [0, 0.05) is 30.7 Å². The van der Waals surface area contributed by atoms with Crippen molar-refractivity contribution in [3.8, 4) is 0 Å². The van der Waals surface area contributed by atoms with Crippen molar-refractivity contribution in [1.29, 1.82) is 0 Å². The van der Waals surface area contributed by atoms with Crippen molar-refractivity contribution < 1.29 is 4.79 Å². The number of nitrogens with one attached hydrogen (secondary N) is 1. The Hall–Kier alpha value is -2.82. The molecular weight excluding hydrogens is 360 g/mol. The first-order valence-electron chi connectivity index (χ1n) is 10.8. The van der Waals surface area contributed by atoms with Gasteiger partial charge in [-0.3, -0.25) is 4.79 Å². The van der Waals surface area contributed by atoms with Crippen LogP contribution in [0.3, 0.4) is 0 Å². The van der Waals surface area contributed by atoms with Gasteiger partial charge >= 0.3 is 0 Å². The Morgan fingerprint density at radius 1 is 1.03 bits per heavy atom. The molecule has 3 aromatic rings. The van der Waals surface area contributed by atoms with E-state index in [-0.39, 0.29) is 11.9 Å². The lowest BCUT2D eigenvalue weighted by atomic mass is 10.1. The molecule has 1 atom stereocenters. The number of carbonyl (C=O) groups excluding carboxylic acids is 1. The Balaban J connectivity index is 1.36. The summed E-state index contributed by atoms with van der Waals surface area (Å²) in [6, 6.07) is 16.9. The largest absolute Gasteiger partial charge is 0.347 e. The molecule has 0 bridgehead atoms. The molecule has 2 aromatic carbocycles. The zero-order valence-electron chi connectivity index (χ0n) is 17.0. The van der Waals surface area contributed by atoms with Crippen molar-refractivity contribution in [1.82, 2.24) is 14.9 Å². The van der Waals surface area contributed by atoms with Crippen LogP contribution < -0.4 is 10.2 Å². The maximum absolute atomic E-state index is 12.6. The molecule has 1 amide bonds. The number of hydrogen-bond acceptors (Lipinski definition) is 3. The Kier molecular flexibility index (Phi) is 4.74. The lowest BCUT2D eigenvalue weighted by Crippen LogP contribution is -2.37. The van der Waals surface area contributed by atoms with Crippen LogP contribution in [0.15, 0.2) is 48.5 Å². The molecule has 1 aliphatic carbocycles. The van der Waals surface area contributed by atoms with E-state index in [1.165, 1.54) is 36.8 Å². The number of fused-ring (bicyclic) bond motifs is 1. The van der Waals surface area contributed by atoms with E-state index in [0.29, 0.717) is 6.04 Å². The first-order chi connectivity index (χ1) is 14.2. The van der Waals surface area contributed by atoms with Gasteiger partial charge in [0.05, 0.1) is 11.0 Å². The Labute approximate surface area is 171 Å². The number of rotatable bonds is 4. The highest BCUT2D eigenvalue weighted by Gasteiger charge is 2.30. The van der Waals surface area contributed by atoms with Crippen molar-refractivity contribution in [2.75, 3.05) is 18.0 Å². The number of imidazole rings is 1. The number of aryl methyl sites for hydroxylation is 1. The van der Waals surface area contributed by atoms with Crippen molar-refractivity contribution in [2.24, 2.45) is 0 Å². The van der Waals surface area contributed by atoms with E-state index in [0.717, 1.165) is 36.5 Å². The Bertz CT molecular complexity index is 1020. The topological polar surface area (TPSA) is 50.2 Å². The zero-order valence-corrected chi connectivity index (χ0v) is 17.0. The van der Waals surface area contributed by atoms with Crippen LogP contribution in [0.25, 0.3) is 11.0 Å². The SMILES string of the molecule is Cc1ccc(C(=O)N[C@@H]2CCN(c3nc4ccccc4n3C3CCCC3)C2)cc1. The molecule has 1 aromatic heterocycles. The van der Waals surface area contributed by atoms with E-state index in [1.807, 2.05) is 31.2 Å². The summed E-state index contributed by atoms with van der Waals surface area (Å²) in [6.45, 7) is 3.77. The molecule has 0 spiro atoms. The molecule has 2 fully saturated rings. The number of carbonyl (C=O) groups is 1. The third-order valence-electron chi connectivity index (χ3n) is 6.39. The van der Waals surface area contributed by atoms with Gasteiger partial charge in [0.15, 0.2) is 0 Å². The van der Waals surface area contributed by atoms with Crippen LogP contribution in [0.5, 0.6) is 0 Å². The number of amides is 1. The first kappa shape index (κ1) is 18.2. The summed E-state index contributed by atoms with van der Waals surface area (Å²) < 4.78 is 2.46. The summed E-state index contributed by atoms with van der Waals surface area (Å²) >= 11 is 0. The standard InChI is InChI=1S/C24H28N4O/c1-17-10-12-18(13-11-17)23(29)25-19-14-15-27(16-19)24-26-21-8-4-5-9-22(21)28(24)20-6-2-3-7-20/h4-5,8-13,19-20H,2-3,6-7,14-16H2,1H3,(H,25,29)/t19-/m1/s1. The molecule has 1 saturated carbocycles. The maximum Gasteiger partial charge on any atom is 0.251 e. The van der Waals surface area contributed by atoms with Crippen LogP contribution in [0.2, 0.25) is 0 Å². The molecule has 150 valence electrons. The number of nitrogens with zero attached hydrogens (tertiary/aromatic N) is 3. The zero-order chi connectivity index (χ0) is 19.8. The summed E-state index contributed by atoms with van der Waals surface area (Å²) in [5.74, 6) is 1.09. The lowest BCUT2D eigenvalue weighted by Gasteiger charge is -2.23. The Morgan fingerprint density at radius 2 is 1.79 bits per heavy atom. The normalized spacial score (nSPS) is 19.9. The minimum absolute atomic E-state index is 0.0149. The maximum atomic E-state index is 12.6. The number of para-hydroxylation sites is 2. The number of aromatic nitrogens is 2. The third-order valence-corrected chi connectivity index (χ3v) is 6.39. The molecule has 2 aliphatic rings. The number of anilines is 1. The molecule has 5 rings (SSSR count). The molecule has 0 unspecified atom stereocenters. The van der Waals surface area contributed by atoms with Gasteiger partial charge in [-0.2, -0.15) is 0 Å². The summed E-state index contributed by atoms with van der Waals surface area (Å²) in [5.41, 5.74) is 4.20. The average Bonchev–Trinajstić information content (AvgIpc) is 3.47. The van der Waals surface area contributed by atoms with Crippen LogP contribution >= 0.6 is 0 Å². The third kappa shape index (κ3) is 3.50. The van der Waals surface area contributed by atoms with Gasteiger partial charge < -0.3 is 14.8 Å². The van der Waals surface area contributed by atoms with E-state index >= 15 is 0 Å². The van der Waals surface area contributed by atoms with E-state index in [4.69, 9.17) is 4.98 Å². The second-order valence-electron chi connectivity index (χ2n) is 8.48. The molecule has 29 heavy (non-hydrogen) atoms. The van der Waals surface area contributed by atoms with E-state index in [2.05, 4.69) is 39.0 Å². The van der Waals surface area contributed by atoms with E-state index in [1.54, 1.807) is 0 Å². The second-order valence-corrected chi connectivity index (χ2v) is 8.48. The van der Waals surface area contributed by atoms with Gasteiger partial charge in [0.2, 0.25) is 5.95 Å². The molecule has 0 radical (unpaired) electrons. The number of benzene rings is 2. The predicted octanol–water partition coefficient (Wildman–Crippen LogP) is 4.47. The molecule has 1 aliphatic heterocycles. The highest BCUT2D eigenvalue weighted by Crippen LogP contribution is 2.37. The van der Waals surface area contributed by atoms with Gasteiger partial charge in [0.1, 0.15) is 0 Å². The molecule has 1 N–H and O–H groups in total. The van der Waals surface area contributed by atoms with Crippen molar-refractivity contribution in [2.45, 2.75) is 51.1 Å². The van der Waals surface area contributed by atoms with Crippen LogP contribution in [0, 0.1) is 6.92 Å². The van der Waals surface area contributed by atoms with Crippen LogP contribution in [0.4, 0.5) is 5.95 Å². The first-order valence-corrected chi connectivity index (χ1v) is 10.8. The molecule has 5 heteroatoms. The predicted molar refractivity (Wildman–Crippen MR) is 117 cm³/mol. The minimum Gasteiger partial charge on any atom is -0.347 e. The highest BCUT2D eigenvalue weighted by atomic mass is 16.1. The number of hydrogen-bond donors (Lipinski definition) is 1. The molecular formula is C24H28N4O. The second kappa shape index (κ2) is 7.54. The van der Waals surface area contributed by atoms with Crippen LogP contribution in [0.1, 0.15) is 54.1 Å². The minimum atomic E-state index is 0.0149. The highest BCUT2D eigenvalue weighted by molar-refractivity contribution is 5.94. The average molecular weight is 389 g/mol. The summed E-state index contributed by atoms with van der Waals surface area (Å²) in [5, 5.41) is 3.22. The van der Waals surface area contributed by atoms with Crippen molar-refractivity contribution in [3.63, 3.8) is 0 Å². The van der Waals surface area contributed by atoms with Gasteiger partial charge in [0.25, 0.3) is 5.91 Å². The van der Waals surface area contributed by atoms with Gasteiger partial charge in [-0.25, -0.2) is 4.98 Å². The fourth-order valence-electron chi connectivity index (χ4n) is 4.81.